The van der Waals surface area contributed by atoms with Gasteiger partial charge in [0.25, 0.3) is 0 Å². The van der Waals surface area contributed by atoms with Gasteiger partial charge in [0.1, 0.15) is 0 Å². The first kappa shape index (κ1) is 9.26. The molecule has 1 nitrogen and oxygen atoms in total. The molecule has 57 valence electrons. The average molecular weight is 189 g/mol. The van der Waals surface area contributed by atoms with E-state index in [1.54, 1.807) is 0 Å². The minimum absolute atomic E-state index is 0.114. The summed E-state index contributed by atoms with van der Waals surface area (Å²) in [6.07, 6.45) is 0. The van der Waals surface area contributed by atoms with E-state index in [4.69, 9.17) is 0 Å². The first-order valence-electron chi connectivity index (χ1n) is 3.10. The van der Waals surface area contributed by atoms with E-state index in [0.717, 1.165) is 9.86 Å². The second-order valence-corrected chi connectivity index (χ2v) is 5.94. The van der Waals surface area contributed by atoms with Crippen molar-refractivity contribution in [3.05, 3.63) is 11.1 Å². The maximum atomic E-state index is 11.0. The molecule has 0 rings (SSSR count). The fourth-order valence-electron chi connectivity index (χ4n) is 0.367. The molecule has 0 saturated heterocycles. The Morgan fingerprint density at radius 3 is 2.67 bits per heavy atom. The van der Waals surface area contributed by atoms with Crippen LogP contribution in [0.2, 0.25) is 17.9 Å². The summed E-state index contributed by atoms with van der Waals surface area (Å²) in [5.74, 6) is 0. The Bertz CT molecular complexity index is 122. The van der Waals surface area contributed by atoms with Gasteiger partial charge >= 0.3 is 62.9 Å². The zero-order valence-corrected chi connectivity index (χ0v) is 8.53. The van der Waals surface area contributed by atoms with Crippen LogP contribution in [0.15, 0.2) is 11.1 Å². The van der Waals surface area contributed by atoms with Gasteiger partial charge in [-0.15, -0.1) is 0 Å². The van der Waals surface area contributed by atoms with Crippen LogP contribution >= 0.6 is 0 Å². The molecule has 0 aromatic heterocycles. The number of hydrogen-bond acceptors (Lipinski definition) is 1. The zero-order valence-electron chi connectivity index (χ0n) is 6.07. The van der Waals surface area contributed by atoms with Gasteiger partial charge in [-0.1, -0.05) is 0 Å². The van der Waals surface area contributed by atoms with E-state index in [9.17, 15) is 3.87 Å². The van der Waals surface area contributed by atoms with Gasteiger partial charge in [0.05, 0.1) is 0 Å². The van der Waals surface area contributed by atoms with E-state index in [1.807, 2.05) is 6.92 Å². The van der Waals surface area contributed by atoms with Crippen LogP contribution in [0, 0.1) is 0 Å². The molecule has 0 bridgehead atoms. The quantitative estimate of drug-likeness (QED) is 0.613. The standard InChI is InChI=1S/C3H9Si.C3H5.Co.O/c1-3-4-2;1-3-2;;/h1,3-4H2,2H3;1H2,2H3;;. The molecular formula is C6H14CoOSi. The van der Waals surface area contributed by atoms with E-state index >= 15 is 0 Å². The topological polar surface area (TPSA) is 17.1 Å². The van der Waals surface area contributed by atoms with Crippen LogP contribution in [0.5, 0.6) is 0 Å². The van der Waals surface area contributed by atoms with Crippen molar-refractivity contribution in [2.75, 3.05) is 0 Å². The van der Waals surface area contributed by atoms with Crippen LogP contribution in [-0.2, 0) is 17.5 Å². The molecule has 9 heavy (non-hydrogen) atoms. The zero-order chi connectivity index (χ0) is 7.28. The first-order valence-corrected chi connectivity index (χ1v) is 7.19. The van der Waals surface area contributed by atoms with Crippen molar-refractivity contribution in [1.29, 1.82) is 0 Å². The third-order valence-corrected chi connectivity index (χ3v) is 4.45. The molecule has 0 amide bonds. The fraction of sp³-hybridized carbons (Fsp3) is 0.667. The van der Waals surface area contributed by atoms with E-state index in [2.05, 4.69) is 13.1 Å². The Morgan fingerprint density at radius 1 is 1.78 bits per heavy atom. The van der Waals surface area contributed by atoms with Crippen LogP contribution in [0.1, 0.15) is 6.92 Å². The minimum atomic E-state index is -1.03. The number of rotatable bonds is 4. The van der Waals surface area contributed by atoms with Crippen LogP contribution in [0.4, 0.5) is 0 Å². The van der Waals surface area contributed by atoms with Gasteiger partial charge in [-0.05, 0) is 0 Å². The van der Waals surface area contributed by atoms with E-state index in [-0.39, 0.29) is 9.52 Å². The van der Waals surface area contributed by atoms with Crippen LogP contribution in [0.25, 0.3) is 0 Å². The Balaban J connectivity index is 3.39. The molecule has 0 atom stereocenters. The summed E-state index contributed by atoms with van der Waals surface area (Å²) in [7, 11) is 0.114. The van der Waals surface area contributed by atoms with Crippen molar-refractivity contribution < 1.29 is 17.5 Å². The molecular weight excluding hydrogens is 175 g/mol. The summed E-state index contributed by atoms with van der Waals surface area (Å²) in [5, 5.41) is 0.880. The summed E-state index contributed by atoms with van der Waals surface area (Å²) in [6.45, 7) is 7.72. The monoisotopic (exact) mass is 189 g/mol. The molecule has 0 spiro atoms. The van der Waals surface area contributed by atoms with E-state index in [1.165, 1.54) is 6.04 Å². The van der Waals surface area contributed by atoms with E-state index in [0.29, 0.717) is 0 Å². The molecule has 0 saturated carbocycles. The SMILES string of the molecule is C=[C](C)[Co](=[O])[CH2]C[SiH2]C. The third kappa shape index (κ3) is 4.75. The number of allylic oxidation sites excluding steroid dienone is 1. The summed E-state index contributed by atoms with van der Waals surface area (Å²) in [6, 6.07) is 1.20. The Labute approximate surface area is 63.3 Å². The average Bonchev–Trinajstić information content (AvgIpc) is 1.82. The molecule has 0 aliphatic carbocycles. The number of hydrogen-bond donors (Lipinski definition) is 0. The molecule has 0 aromatic carbocycles. The van der Waals surface area contributed by atoms with Crippen LogP contribution < -0.4 is 0 Å². The Morgan fingerprint density at radius 2 is 2.33 bits per heavy atom. The molecule has 0 aliphatic heterocycles. The predicted molar refractivity (Wildman–Crippen MR) is 39.5 cm³/mol. The second kappa shape index (κ2) is 5.08. The normalized spacial score (nSPS) is 12.4. The van der Waals surface area contributed by atoms with Gasteiger partial charge < -0.3 is 0 Å². The Kier molecular flexibility index (Phi) is 5.23. The third-order valence-electron chi connectivity index (χ3n) is 0.940. The van der Waals surface area contributed by atoms with Gasteiger partial charge in [-0.2, -0.15) is 0 Å². The molecule has 3 heteroatoms. The molecule has 0 aromatic rings. The maximum absolute atomic E-state index is 11.0. The molecule has 0 heterocycles. The summed E-state index contributed by atoms with van der Waals surface area (Å²) in [5.41, 5.74) is 0. The molecule has 0 aliphatic rings. The summed E-state index contributed by atoms with van der Waals surface area (Å²) in [4.78, 5) is 0. The predicted octanol–water partition coefficient (Wildman–Crippen LogP) is 1.54. The molecule has 0 fully saturated rings. The molecule has 0 unspecified atom stereocenters. The van der Waals surface area contributed by atoms with Crippen molar-refractivity contribution >= 4 is 9.52 Å². The fourth-order valence-corrected chi connectivity index (χ4v) is 3.37. The second-order valence-electron chi connectivity index (χ2n) is 1.94. The van der Waals surface area contributed by atoms with Crippen molar-refractivity contribution in [3.8, 4) is 0 Å². The molecule has 0 radical (unpaired) electrons. The van der Waals surface area contributed by atoms with Gasteiger partial charge in [0.2, 0.25) is 0 Å². The molecule has 0 N–H and O–H groups in total. The van der Waals surface area contributed by atoms with Crippen LogP contribution in [0.3, 0.4) is 0 Å². The van der Waals surface area contributed by atoms with Crippen LogP contribution in [-0.4, -0.2) is 9.52 Å². The van der Waals surface area contributed by atoms with Gasteiger partial charge in [0.15, 0.2) is 0 Å². The van der Waals surface area contributed by atoms with Crippen molar-refractivity contribution in [2.24, 2.45) is 0 Å². The van der Waals surface area contributed by atoms with Gasteiger partial charge in [0, 0.05) is 0 Å². The van der Waals surface area contributed by atoms with Gasteiger partial charge in [-0.25, -0.2) is 0 Å². The van der Waals surface area contributed by atoms with Crippen molar-refractivity contribution in [3.63, 3.8) is 0 Å². The summed E-state index contributed by atoms with van der Waals surface area (Å²) >= 11 is -1.03. The van der Waals surface area contributed by atoms with E-state index < -0.39 is 13.6 Å². The first-order chi connectivity index (χ1) is 4.18. The summed E-state index contributed by atoms with van der Waals surface area (Å²) < 4.78 is 11.8. The van der Waals surface area contributed by atoms with Crippen molar-refractivity contribution in [1.82, 2.24) is 0 Å². The Hall–Kier alpha value is 0.263. The van der Waals surface area contributed by atoms with Gasteiger partial charge in [-0.3, -0.25) is 0 Å². The van der Waals surface area contributed by atoms with Crippen molar-refractivity contribution in [2.45, 2.75) is 24.9 Å².